The minimum absolute atomic E-state index is 0.0171. The van der Waals surface area contributed by atoms with E-state index in [0.717, 1.165) is 0 Å². The molecule has 0 aliphatic rings. The van der Waals surface area contributed by atoms with Gasteiger partial charge in [0.05, 0.1) is 6.10 Å². The number of hydrogen-bond donors (Lipinski definition) is 3. The average Bonchev–Trinajstić information content (AvgIpc) is 2.01. The van der Waals surface area contributed by atoms with Crippen LogP contribution in [0.15, 0.2) is 0 Å². The van der Waals surface area contributed by atoms with E-state index in [0.29, 0.717) is 6.54 Å². The van der Waals surface area contributed by atoms with Crippen molar-refractivity contribution < 1.29 is 14.7 Å². The molecule has 0 aliphatic heterocycles. The molecule has 0 rings (SSSR count). The van der Waals surface area contributed by atoms with Gasteiger partial charge in [-0.1, -0.05) is 0 Å². The number of amides is 2. The third-order valence-corrected chi connectivity index (χ3v) is 1.80. The molecule has 4 N–H and O–H groups in total. The van der Waals surface area contributed by atoms with Gasteiger partial charge in [0.15, 0.2) is 0 Å². The van der Waals surface area contributed by atoms with Crippen LogP contribution in [0.2, 0.25) is 0 Å². The zero-order valence-electron chi connectivity index (χ0n) is 8.62. The summed E-state index contributed by atoms with van der Waals surface area (Å²) in [6, 6.07) is 0. The number of carbonyl (C=O) groups is 2. The maximum atomic E-state index is 11.4. The number of nitrogens with two attached hydrogens (primary N) is 1. The summed E-state index contributed by atoms with van der Waals surface area (Å²) < 4.78 is 0. The van der Waals surface area contributed by atoms with Gasteiger partial charge in [0.2, 0.25) is 11.8 Å². The topological polar surface area (TPSA) is 92.4 Å². The summed E-state index contributed by atoms with van der Waals surface area (Å²) in [4.78, 5) is 22.0. The van der Waals surface area contributed by atoms with E-state index in [1.165, 1.54) is 0 Å². The first kappa shape index (κ1) is 12.9. The lowest BCUT2D eigenvalue weighted by atomic mass is 9.97. The van der Waals surface area contributed by atoms with Gasteiger partial charge in [-0.05, 0) is 20.3 Å². The number of hydrogen-bond acceptors (Lipinski definition) is 3. The summed E-state index contributed by atoms with van der Waals surface area (Å²) in [6.07, 6.45) is -0.368. The Kier molecular flexibility index (Phi) is 5.87. The lowest BCUT2D eigenvalue weighted by molar-refractivity contribution is -0.130. The van der Waals surface area contributed by atoms with Crippen molar-refractivity contribution in [3.63, 3.8) is 0 Å². The van der Waals surface area contributed by atoms with Crippen LogP contribution in [-0.4, -0.2) is 29.6 Å². The first-order chi connectivity index (χ1) is 6.47. The minimum atomic E-state index is -0.609. The summed E-state index contributed by atoms with van der Waals surface area (Å²) >= 11 is 0. The highest BCUT2D eigenvalue weighted by Gasteiger charge is 2.21. The van der Waals surface area contributed by atoms with Gasteiger partial charge in [0, 0.05) is 18.9 Å². The Morgan fingerprint density at radius 1 is 1.50 bits per heavy atom. The molecular weight excluding hydrogens is 184 g/mol. The summed E-state index contributed by atoms with van der Waals surface area (Å²) in [7, 11) is 0. The van der Waals surface area contributed by atoms with Crippen molar-refractivity contribution in [1.29, 1.82) is 0 Å². The van der Waals surface area contributed by atoms with Gasteiger partial charge >= 0.3 is 0 Å². The van der Waals surface area contributed by atoms with Gasteiger partial charge < -0.3 is 16.2 Å². The third kappa shape index (κ3) is 5.53. The molecule has 2 amide bonds. The van der Waals surface area contributed by atoms with Crippen LogP contribution in [0.4, 0.5) is 0 Å². The van der Waals surface area contributed by atoms with Crippen molar-refractivity contribution in [2.75, 3.05) is 6.54 Å². The molecule has 0 saturated carbocycles. The van der Waals surface area contributed by atoms with Gasteiger partial charge in [0.1, 0.15) is 0 Å². The molecule has 0 radical (unpaired) electrons. The fourth-order valence-electron chi connectivity index (χ4n) is 1.26. The van der Waals surface area contributed by atoms with Crippen LogP contribution in [0.3, 0.4) is 0 Å². The van der Waals surface area contributed by atoms with Gasteiger partial charge in [0.25, 0.3) is 0 Å². The molecule has 0 heterocycles. The molecule has 0 saturated heterocycles. The van der Waals surface area contributed by atoms with Crippen molar-refractivity contribution in [2.24, 2.45) is 11.7 Å². The van der Waals surface area contributed by atoms with Crippen molar-refractivity contribution in [3.8, 4) is 0 Å². The van der Waals surface area contributed by atoms with E-state index in [9.17, 15) is 9.59 Å². The Hall–Kier alpha value is -1.10. The van der Waals surface area contributed by atoms with Crippen LogP contribution in [0.1, 0.15) is 26.7 Å². The van der Waals surface area contributed by atoms with Crippen LogP contribution >= 0.6 is 0 Å². The van der Waals surface area contributed by atoms with Gasteiger partial charge in [-0.25, -0.2) is 0 Å². The van der Waals surface area contributed by atoms with Gasteiger partial charge in [-0.3, -0.25) is 9.59 Å². The molecule has 0 fully saturated rings. The Morgan fingerprint density at radius 3 is 2.43 bits per heavy atom. The molecule has 0 spiro atoms. The van der Waals surface area contributed by atoms with E-state index in [1.807, 2.05) is 0 Å². The fraction of sp³-hybridized carbons (Fsp3) is 0.778. The molecule has 14 heavy (non-hydrogen) atoms. The second kappa shape index (κ2) is 6.37. The van der Waals surface area contributed by atoms with Crippen LogP contribution in [0.25, 0.3) is 0 Å². The monoisotopic (exact) mass is 202 g/mol. The highest BCUT2D eigenvalue weighted by Crippen LogP contribution is 2.11. The standard InChI is InChI=1S/C9H18N2O3/c1-3-11-9(14)7(4-6(2)12)5-8(10)13/h6-7,12H,3-5H2,1-2H3,(H2,10,13)(H,11,14). The Bertz CT molecular complexity index is 204. The first-order valence-corrected chi connectivity index (χ1v) is 4.71. The van der Waals surface area contributed by atoms with Crippen molar-refractivity contribution in [1.82, 2.24) is 5.32 Å². The zero-order chi connectivity index (χ0) is 11.1. The largest absolute Gasteiger partial charge is 0.393 e. The molecule has 5 nitrogen and oxygen atoms in total. The summed E-state index contributed by atoms with van der Waals surface area (Å²) in [5.41, 5.74) is 5.00. The van der Waals surface area contributed by atoms with E-state index in [2.05, 4.69) is 5.32 Å². The Balaban J connectivity index is 4.22. The van der Waals surface area contributed by atoms with Crippen LogP contribution in [0, 0.1) is 5.92 Å². The normalized spacial score (nSPS) is 14.5. The number of nitrogens with one attached hydrogen (secondary N) is 1. The fourth-order valence-corrected chi connectivity index (χ4v) is 1.26. The van der Waals surface area contributed by atoms with E-state index >= 15 is 0 Å². The molecular formula is C9H18N2O3. The first-order valence-electron chi connectivity index (χ1n) is 4.71. The molecule has 0 aromatic rings. The summed E-state index contributed by atoms with van der Waals surface area (Å²) in [5, 5.41) is 11.7. The van der Waals surface area contributed by atoms with E-state index in [1.54, 1.807) is 13.8 Å². The predicted molar refractivity (Wildman–Crippen MR) is 52.3 cm³/mol. The molecule has 0 aromatic carbocycles. The smallest absolute Gasteiger partial charge is 0.223 e. The van der Waals surface area contributed by atoms with Crippen molar-refractivity contribution in [2.45, 2.75) is 32.8 Å². The Labute approximate surface area is 83.7 Å². The van der Waals surface area contributed by atoms with E-state index in [-0.39, 0.29) is 18.7 Å². The number of rotatable bonds is 6. The molecule has 0 aliphatic carbocycles. The maximum Gasteiger partial charge on any atom is 0.223 e. The average molecular weight is 202 g/mol. The van der Waals surface area contributed by atoms with Crippen LogP contribution in [0.5, 0.6) is 0 Å². The SMILES string of the molecule is CCNC(=O)C(CC(N)=O)CC(C)O. The third-order valence-electron chi connectivity index (χ3n) is 1.80. The molecule has 82 valence electrons. The van der Waals surface area contributed by atoms with E-state index in [4.69, 9.17) is 10.8 Å². The summed E-state index contributed by atoms with van der Waals surface area (Å²) in [5.74, 6) is -1.28. The quantitative estimate of drug-likeness (QED) is 0.536. The second-order valence-corrected chi connectivity index (χ2v) is 3.35. The van der Waals surface area contributed by atoms with Crippen molar-refractivity contribution in [3.05, 3.63) is 0 Å². The van der Waals surface area contributed by atoms with Crippen LogP contribution < -0.4 is 11.1 Å². The number of primary amides is 1. The Morgan fingerprint density at radius 2 is 2.07 bits per heavy atom. The lowest BCUT2D eigenvalue weighted by Crippen LogP contribution is -2.34. The van der Waals surface area contributed by atoms with Crippen molar-refractivity contribution >= 4 is 11.8 Å². The molecule has 2 unspecified atom stereocenters. The molecule has 5 heteroatoms. The molecule has 2 atom stereocenters. The molecule has 0 bridgehead atoms. The highest BCUT2D eigenvalue weighted by atomic mass is 16.3. The number of aliphatic hydroxyl groups is 1. The minimum Gasteiger partial charge on any atom is -0.393 e. The predicted octanol–water partition coefficient (Wildman–Crippen LogP) is -0.615. The van der Waals surface area contributed by atoms with Crippen LogP contribution in [-0.2, 0) is 9.59 Å². The summed E-state index contributed by atoms with van der Waals surface area (Å²) in [6.45, 7) is 3.88. The van der Waals surface area contributed by atoms with Gasteiger partial charge in [-0.15, -0.1) is 0 Å². The second-order valence-electron chi connectivity index (χ2n) is 3.35. The lowest BCUT2D eigenvalue weighted by Gasteiger charge is -2.15. The maximum absolute atomic E-state index is 11.4. The molecule has 0 aromatic heterocycles. The highest BCUT2D eigenvalue weighted by molar-refractivity contribution is 5.84. The number of aliphatic hydroxyl groups excluding tert-OH is 1. The number of carbonyl (C=O) groups excluding carboxylic acids is 2. The zero-order valence-corrected chi connectivity index (χ0v) is 8.62. The van der Waals surface area contributed by atoms with Gasteiger partial charge in [-0.2, -0.15) is 0 Å². The van der Waals surface area contributed by atoms with E-state index < -0.39 is 17.9 Å².